The fraction of sp³-hybridized carbons (Fsp3) is 0. The molecule has 0 aliphatic heterocycles. The first kappa shape index (κ1) is 15.9. The zero-order valence-corrected chi connectivity index (χ0v) is 2.47. The summed E-state index contributed by atoms with van der Waals surface area (Å²) < 4.78 is 8.25. The second-order valence-electron chi connectivity index (χ2n) is 0. The van der Waals surface area contributed by atoms with Gasteiger partial charge in [-0.2, -0.15) is 0 Å². The Morgan fingerprint density at radius 1 is 1.25 bits per heavy atom. The Hall–Kier alpha value is 2.75. The zero-order valence-electron chi connectivity index (χ0n) is 0.908. The van der Waals surface area contributed by atoms with Crippen LogP contribution in [0.1, 0.15) is 0 Å². The normalized spacial score (nSPS) is 0.750. The summed E-state index contributed by atoms with van der Waals surface area (Å²) in [6.45, 7) is 0. The van der Waals surface area contributed by atoms with Crippen molar-refractivity contribution in [2.75, 3.05) is 0 Å². The number of hydrogen-bond acceptors (Lipinski definition) is 1. The van der Waals surface area contributed by atoms with Gasteiger partial charge in [-0.05, 0) is 0 Å². The van der Waals surface area contributed by atoms with Gasteiger partial charge >= 0.3 is 94.0 Å². The molecule has 0 aliphatic rings. The maximum absolute atomic E-state index is 8.25. The van der Waals surface area contributed by atoms with Gasteiger partial charge in [0.25, 0.3) is 0 Å². The van der Waals surface area contributed by atoms with E-state index in [1.54, 1.807) is 0 Å². The predicted molar refractivity (Wildman–Crippen MR) is 15.0 cm³/mol. The summed E-state index contributed by atoms with van der Waals surface area (Å²) >= 11 is 0.750. The Morgan fingerprint density at radius 2 is 1.25 bits per heavy atom. The van der Waals surface area contributed by atoms with E-state index < -0.39 is 0 Å². The van der Waals surface area contributed by atoms with Gasteiger partial charge in [-0.15, -0.1) is 0 Å². The molecule has 0 fully saturated rings. The average molecular weight is 112 g/mol. The van der Waals surface area contributed by atoms with Gasteiger partial charge in [0.1, 0.15) is 0 Å². The first-order valence-electron chi connectivity index (χ1n) is 0.204. The molecule has 0 heterocycles. The molecule has 0 rings (SSSR count). The number of hydrogen-bond donors (Lipinski definition) is 0. The summed E-state index contributed by atoms with van der Waals surface area (Å²) in [7, 11) is 0. The summed E-state index contributed by atoms with van der Waals surface area (Å²) in [5.74, 6) is 0. The van der Waals surface area contributed by atoms with Crippen molar-refractivity contribution in [2.24, 2.45) is 0 Å². The summed E-state index contributed by atoms with van der Waals surface area (Å²) in [4.78, 5) is 0. The first-order valence-corrected chi connectivity index (χ1v) is 0.842. The Bertz CT molecular complexity index is 8.00. The van der Waals surface area contributed by atoms with Crippen molar-refractivity contribution in [1.29, 1.82) is 0 Å². The van der Waals surface area contributed by atoms with E-state index in [2.05, 4.69) is 0 Å². The second kappa shape index (κ2) is 17.2. The van der Waals surface area contributed by atoms with Gasteiger partial charge in [0.2, 0.25) is 0 Å². The van der Waals surface area contributed by atoms with Gasteiger partial charge in [0.15, 0.2) is 0 Å². The van der Waals surface area contributed by atoms with E-state index in [4.69, 9.17) is 3.32 Å². The quantitative estimate of drug-likeness (QED) is 0.351. The first-order chi connectivity index (χ1) is 1.00. The molecular formula is H2KLiOTi. The van der Waals surface area contributed by atoms with Crippen LogP contribution in [0.5, 0.6) is 0 Å². The molecular weight excluding hydrogens is 110 g/mol. The van der Waals surface area contributed by atoms with Crippen molar-refractivity contribution < 1.29 is 23.7 Å². The van der Waals surface area contributed by atoms with Gasteiger partial charge in [0.05, 0.1) is 0 Å². The standard InChI is InChI=1S/K.Li.O.Ti.2H. The van der Waals surface area contributed by atoms with Crippen molar-refractivity contribution in [1.82, 2.24) is 0 Å². The van der Waals surface area contributed by atoms with Gasteiger partial charge < -0.3 is 0 Å². The van der Waals surface area contributed by atoms with E-state index in [0.29, 0.717) is 0 Å². The molecule has 0 saturated heterocycles. The van der Waals surface area contributed by atoms with Crippen molar-refractivity contribution in [3.63, 3.8) is 0 Å². The molecule has 0 unspecified atom stereocenters. The van der Waals surface area contributed by atoms with Crippen molar-refractivity contribution >= 4 is 70.2 Å². The van der Waals surface area contributed by atoms with Crippen LogP contribution in [0, 0.1) is 0 Å². The molecule has 0 N–H and O–H groups in total. The van der Waals surface area contributed by atoms with E-state index in [-0.39, 0.29) is 70.2 Å². The third-order valence-electron chi connectivity index (χ3n) is 0. The number of rotatable bonds is 0. The summed E-state index contributed by atoms with van der Waals surface area (Å²) in [5.41, 5.74) is 0. The minimum absolute atomic E-state index is 0. The van der Waals surface area contributed by atoms with Crippen LogP contribution in [0.4, 0.5) is 0 Å². The Kier molecular flexibility index (Phi) is 68.1. The van der Waals surface area contributed by atoms with E-state index in [9.17, 15) is 0 Å². The SMILES string of the molecule is [KH].[LiH].[O]=[Ti]. The molecule has 0 bridgehead atoms. The van der Waals surface area contributed by atoms with E-state index in [0.717, 1.165) is 20.4 Å². The molecule has 0 saturated carbocycles. The molecule has 0 aromatic heterocycles. The van der Waals surface area contributed by atoms with Crippen LogP contribution in [0.2, 0.25) is 0 Å². The molecule has 0 aromatic carbocycles. The van der Waals surface area contributed by atoms with Gasteiger partial charge in [0, 0.05) is 0 Å². The van der Waals surface area contributed by atoms with E-state index in [1.807, 2.05) is 0 Å². The van der Waals surface area contributed by atoms with Crippen LogP contribution in [-0.4, -0.2) is 70.2 Å². The topological polar surface area (TPSA) is 17.1 Å². The fourth-order valence-electron chi connectivity index (χ4n) is 0. The monoisotopic (exact) mass is 112 g/mol. The summed E-state index contributed by atoms with van der Waals surface area (Å²) in [6.07, 6.45) is 0. The Balaban J connectivity index is -0.00000000500. The van der Waals surface area contributed by atoms with Crippen molar-refractivity contribution in [3.8, 4) is 0 Å². The van der Waals surface area contributed by atoms with Gasteiger partial charge in [-0.25, -0.2) is 0 Å². The summed E-state index contributed by atoms with van der Waals surface area (Å²) in [6, 6.07) is 0. The molecule has 0 radical (unpaired) electrons. The fourth-order valence-corrected chi connectivity index (χ4v) is 0. The zero-order chi connectivity index (χ0) is 2.00. The molecule has 0 aliphatic carbocycles. The van der Waals surface area contributed by atoms with E-state index >= 15 is 0 Å². The summed E-state index contributed by atoms with van der Waals surface area (Å²) in [5, 5.41) is 0. The predicted octanol–water partition coefficient (Wildman–Crippen LogP) is -1.42. The molecule has 0 aromatic rings. The van der Waals surface area contributed by atoms with Crippen molar-refractivity contribution in [3.05, 3.63) is 0 Å². The second-order valence-corrected chi connectivity index (χ2v) is 0. The molecule has 0 spiro atoms. The minimum atomic E-state index is 0. The van der Waals surface area contributed by atoms with Crippen LogP contribution >= 0.6 is 0 Å². The van der Waals surface area contributed by atoms with Crippen LogP contribution in [-0.2, 0) is 23.7 Å². The maximum atomic E-state index is 8.25. The van der Waals surface area contributed by atoms with Crippen molar-refractivity contribution in [2.45, 2.75) is 0 Å². The molecule has 0 atom stereocenters. The Morgan fingerprint density at radius 3 is 1.25 bits per heavy atom. The van der Waals surface area contributed by atoms with Gasteiger partial charge in [-0.3, -0.25) is 0 Å². The molecule has 1 nitrogen and oxygen atoms in total. The van der Waals surface area contributed by atoms with Crippen LogP contribution < -0.4 is 0 Å². The van der Waals surface area contributed by atoms with Crippen LogP contribution in [0.3, 0.4) is 0 Å². The molecule has 14 valence electrons. The van der Waals surface area contributed by atoms with Gasteiger partial charge in [-0.1, -0.05) is 0 Å². The Labute approximate surface area is 91.6 Å². The third kappa shape index (κ3) is 8.83. The van der Waals surface area contributed by atoms with Crippen LogP contribution in [0.15, 0.2) is 0 Å². The molecule has 4 heavy (non-hydrogen) atoms. The molecule has 0 amide bonds. The molecule has 4 heteroatoms. The van der Waals surface area contributed by atoms with E-state index in [1.165, 1.54) is 0 Å². The average Bonchev–Trinajstić information content (AvgIpc) is 1.00. The van der Waals surface area contributed by atoms with Crippen LogP contribution in [0.25, 0.3) is 0 Å². The third-order valence-corrected chi connectivity index (χ3v) is 0.